The highest BCUT2D eigenvalue weighted by atomic mass is 16.5. The van der Waals surface area contributed by atoms with Crippen LogP contribution in [0.25, 0.3) is 0 Å². The van der Waals surface area contributed by atoms with Crippen molar-refractivity contribution in [1.82, 2.24) is 4.90 Å². The number of anilines is 1. The second-order valence-electron chi connectivity index (χ2n) is 6.19. The van der Waals surface area contributed by atoms with Gasteiger partial charge in [0.25, 0.3) is 0 Å². The number of nitrogens with zero attached hydrogens (tertiary/aromatic N) is 1. The van der Waals surface area contributed by atoms with Crippen LogP contribution in [0.1, 0.15) is 25.7 Å². The van der Waals surface area contributed by atoms with E-state index in [1.165, 1.54) is 17.7 Å². The van der Waals surface area contributed by atoms with Gasteiger partial charge in [-0.15, -0.1) is 0 Å². The van der Waals surface area contributed by atoms with Crippen LogP contribution in [-0.4, -0.2) is 48.7 Å². The Balaban J connectivity index is 1.53. The van der Waals surface area contributed by atoms with Crippen molar-refractivity contribution in [2.75, 3.05) is 25.0 Å². The molecule has 0 bridgehead atoms. The molecule has 0 radical (unpaired) electrons. The quantitative estimate of drug-likeness (QED) is 0.877. The molecule has 0 unspecified atom stereocenters. The molecule has 2 fully saturated rings. The standard InChI is InChI=1S/C17H23N3O4/c18-16(21)15-11-20(9-10-23-15)17(22)19-12-5-7-14(8-6-12)24-13-3-1-2-4-13/h5-8,13,15H,1-4,9-11H2,(H2,18,21)(H,19,22)/t15-/m1/s1. The van der Waals surface area contributed by atoms with Gasteiger partial charge in [-0.2, -0.15) is 0 Å². The lowest BCUT2D eigenvalue weighted by Crippen LogP contribution is -2.51. The maximum Gasteiger partial charge on any atom is 0.322 e. The van der Waals surface area contributed by atoms with Crippen molar-refractivity contribution < 1.29 is 19.1 Å². The van der Waals surface area contributed by atoms with Gasteiger partial charge < -0.3 is 25.4 Å². The first kappa shape index (κ1) is 16.6. The minimum atomic E-state index is -0.744. The van der Waals surface area contributed by atoms with Crippen molar-refractivity contribution in [3.05, 3.63) is 24.3 Å². The molecule has 7 nitrogen and oxygen atoms in total. The second kappa shape index (κ2) is 7.53. The lowest BCUT2D eigenvalue weighted by atomic mass is 10.2. The maximum atomic E-state index is 12.3. The number of hydrogen-bond acceptors (Lipinski definition) is 4. The molecule has 7 heteroatoms. The number of benzene rings is 1. The Morgan fingerprint density at radius 3 is 2.58 bits per heavy atom. The second-order valence-corrected chi connectivity index (χ2v) is 6.19. The van der Waals surface area contributed by atoms with E-state index in [1.807, 2.05) is 24.3 Å². The van der Waals surface area contributed by atoms with Crippen molar-refractivity contribution in [2.24, 2.45) is 5.73 Å². The summed E-state index contributed by atoms with van der Waals surface area (Å²) in [7, 11) is 0. The Morgan fingerprint density at radius 2 is 1.92 bits per heavy atom. The van der Waals surface area contributed by atoms with Gasteiger partial charge in [0.1, 0.15) is 5.75 Å². The molecule has 1 aliphatic carbocycles. The number of primary amides is 1. The summed E-state index contributed by atoms with van der Waals surface area (Å²) in [6.07, 6.45) is 4.23. The number of nitrogens with two attached hydrogens (primary N) is 1. The van der Waals surface area contributed by atoms with E-state index >= 15 is 0 Å². The third-order valence-corrected chi connectivity index (χ3v) is 4.38. The molecule has 0 aromatic heterocycles. The summed E-state index contributed by atoms with van der Waals surface area (Å²) in [6.45, 7) is 0.901. The number of morpholine rings is 1. The molecule has 0 spiro atoms. The molecule has 1 heterocycles. The van der Waals surface area contributed by atoms with Crippen LogP contribution >= 0.6 is 0 Å². The van der Waals surface area contributed by atoms with E-state index < -0.39 is 12.0 Å². The molecular weight excluding hydrogens is 310 g/mol. The van der Waals surface area contributed by atoms with E-state index in [0.29, 0.717) is 24.9 Å². The Bertz CT molecular complexity index is 584. The average Bonchev–Trinajstić information content (AvgIpc) is 3.10. The highest BCUT2D eigenvalue weighted by molar-refractivity contribution is 5.90. The van der Waals surface area contributed by atoms with Crippen molar-refractivity contribution in [2.45, 2.75) is 37.9 Å². The predicted molar refractivity (Wildman–Crippen MR) is 88.9 cm³/mol. The Hall–Kier alpha value is -2.28. The largest absolute Gasteiger partial charge is 0.490 e. The number of carbonyl (C=O) groups excluding carboxylic acids is 2. The van der Waals surface area contributed by atoms with Crippen LogP contribution in [-0.2, 0) is 9.53 Å². The van der Waals surface area contributed by atoms with Crippen LogP contribution in [0.3, 0.4) is 0 Å². The van der Waals surface area contributed by atoms with Gasteiger partial charge in [-0.3, -0.25) is 4.79 Å². The molecule has 1 aromatic rings. The highest BCUT2D eigenvalue weighted by Gasteiger charge is 2.27. The summed E-state index contributed by atoms with van der Waals surface area (Å²) in [4.78, 5) is 25.0. The summed E-state index contributed by atoms with van der Waals surface area (Å²) in [5.74, 6) is 0.265. The van der Waals surface area contributed by atoms with Crippen LogP contribution in [0.2, 0.25) is 0 Å². The molecule has 130 valence electrons. The Kier molecular flexibility index (Phi) is 5.20. The molecule has 24 heavy (non-hydrogen) atoms. The molecular formula is C17H23N3O4. The third-order valence-electron chi connectivity index (χ3n) is 4.38. The van der Waals surface area contributed by atoms with E-state index in [9.17, 15) is 9.59 Å². The van der Waals surface area contributed by atoms with Gasteiger partial charge in [-0.1, -0.05) is 0 Å². The van der Waals surface area contributed by atoms with E-state index in [2.05, 4.69) is 5.32 Å². The van der Waals surface area contributed by atoms with Crippen molar-refractivity contribution >= 4 is 17.6 Å². The van der Waals surface area contributed by atoms with Gasteiger partial charge in [0.05, 0.1) is 19.3 Å². The van der Waals surface area contributed by atoms with Crippen molar-refractivity contribution in [3.63, 3.8) is 0 Å². The number of amides is 3. The monoisotopic (exact) mass is 333 g/mol. The fraction of sp³-hybridized carbons (Fsp3) is 0.529. The summed E-state index contributed by atoms with van der Waals surface area (Å²) in [5.41, 5.74) is 5.91. The van der Waals surface area contributed by atoms with Crippen molar-refractivity contribution in [3.8, 4) is 5.75 Å². The van der Waals surface area contributed by atoms with Gasteiger partial charge in [-0.05, 0) is 49.9 Å². The molecule has 1 aromatic carbocycles. The molecule has 1 aliphatic heterocycles. The summed E-state index contributed by atoms with van der Waals surface area (Å²) >= 11 is 0. The van der Waals surface area contributed by atoms with Crippen LogP contribution < -0.4 is 15.8 Å². The zero-order valence-electron chi connectivity index (χ0n) is 13.6. The highest BCUT2D eigenvalue weighted by Crippen LogP contribution is 2.25. The molecule has 1 saturated carbocycles. The van der Waals surface area contributed by atoms with E-state index in [1.54, 1.807) is 0 Å². The van der Waals surface area contributed by atoms with Crippen molar-refractivity contribution in [1.29, 1.82) is 0 Å². The first-order valence-corrected chi connectivity index (χ1v) is 8.35. The van der Waals surface area contributed by atoms with Gasteiger partial charge in [0, 0.05) is 12.2 Å². The first-order valence-electron chi connectivity index (χ1n) is 8.35. The topological polar surface area (TPSA) is 93.9 Å². The smallest absolute Gasteiger partial charge is 0.322 e. The van der Waals surface area contributed by atoms with Gasteiger partial charge in [-0.25, -0.2) is 4.79 Å². The number of urea groups is 1. The number of carbonyl (C=O) groups is 2. The number of nitrogens with one attached hydrogen (secondary N) is 1. The van der Waals surface area contributed by atoms with Crippen LogP contribution in [0.4, 0.5) is 10.5 Å². The predicted octanol–water partition coefficient (Wildman–Crippen LogP) is 1.73. The van der Waals surface area contributed by atoms with E-state index in [4.69, 9.17) is 15.2 Å². The number of hydrogen-bond donors (Lipinski definition) is 2. The lowest BCUT2D eigenvalue weighted by molar-refractivity contribution is -0.133. The molecule has 1 saturated heterocycles. The minimum absolute atomic E-state index is 0.171. The normalized spacial score (nSPS) is 21.5. The SMILES string of the molecule is NC(=O)[C@H]1CN(C(=O)Nc2ccc(OC3CCCC3)cc2)CCO1. The molecule has 2 aliphatic rings. The lowest BCUT2D eigenvalue weighted by Gasteiger charge is -2.31. The van der Waals surface area contributed by atoms with Gasteiger partial charge in [0.2, 0.25) is 5.91 Å². The van der Waals surface area contributed by atoms with E-state index in [-0.39, 0.29) is 12.6 Å². The Morgan fingerprint density at radius 1 is 1.21 bits per heavy atom. The first-order chi connectivity index (χ1) is 11.6. The molecule has 3 N–H and O–H groups in total. The molecule has 1 atom stereocenters. The zero-order valence-corrected chi connectivity index (χ0v) is 13.6. The summed E-state index contributed by atoms with van der Waals surface area (Å²) in [6, 6.07) is 7.08. The van der Waals surface area contributed by atoms with Crippen LogP contribution in [0, 0.1) is 0 Å². The van der Waals surface area contributed by atoms with Gasteiger partial charge >= 0.3 is 6.03 Å². The van der Waals surface area contributed by atoms with Crippen LogP contribution in [0.15, 0.2) is 24.3 Å². The minimum Gasteiger partial charge on any atom is -0.490 e. The van der Waals surface area contributed by atoms with E-state index in [0.717, 1.165) is 18.6 Å². The summed E-state index contributed by atoms with van der Waals surface area (Å²) in [5, 5.41) is 2.82. The fourth-order valence-corrected chi connectivity index (χ4v) is 3.02. The Labute approximate surface area is 141 Å². The molecule has 3 rings (SSSR count). The van der Waals surface area contributed by atoms with Crippen LogP contribution in [0.5, 0.6) is 5.75 Å². The van der Waals surface area contributed by atoms with Gasteiger partial charge in [0.15, 0.2) is 6.10 Å². The maximum absolute atomic E-state index is 12.3. The number of ether oxygens (including phenoxy) is 2. The zero-order chi connectivity index (χ0) is 16.9. The number of rotatable bonds is 4. The summed E-state index contributed by atoms with van der Waals surface area (Å²) < 4.78 is 11.1. The fourth-order valence-electron chi connectivity index (χ4n) is 3.02. The molecule has 3 amide bonds. The average molecular weight is 333 g/mol. The third kappa shape index (κ3) is 4.17.